The second-order valence-corrected chi connectivity index (χ2v) is 6.51. The van der Waals surface area contributed by atoms with E-state index in [1.165, 1.54) is 26.4 Å². The molecule has 0 aliphatic heterocycles. The maximum absolute atomic E-state index is 11.4. The molecule has 1 heterocycles. The molecule has 0 spiro atoms. The largest absolute Gasteiger partial charge is 0.465 e. The number of aromatic nitrogens is 3. The van der Waals surface area contributed by atoms with Crippen LogP contribution in [0.1, 0.15) is 47.2 Å². The highest BCUT2D eigenvalue weighted by Gasteiger charge is 2.25. The third kappa shape index (κ3) is 3.02. The number of methoxy groups -OCH3 is 1. The van der Waals surface area contributed by atoms with Crippen LogP contribution >= 0.6 is 11.8 Å². The van der Waals surface area contributed by atoms with Crippen LogP contribution in [0.3, 0.4) is 0 Å². The predicted molar refractivity (Wildman–Crippen MR) is 84.9 cm³/mol. The van der Waals surface area contributed by atoms with E-state index in [9.17, 15) is 4.79 Å². The lowest BCUT2D eigenvalue weighted by Gasteiger charge is -2.24. The third-order valence-electron chi connectivity index (χ3n) is 4.11. The van der Waals surface area contributed by atoms with Crippen LogP contribution in [0, 0.1) is 0 Å². The number of esters is 1. The zero-order valence-electron chi connectivity index (χ0n) is 12.8. The molecule has 0 N–H and O–H groups in total. The number of thioether (sulfide) groups is 1. The van der Waals surface area contributed by atoms with E-state index in [0.717, 1.165) is 22.3 Å². The fraction of sp³-hybridized carbons (Fsp3) is 0.438. The minimum Gasteiger partial charge on any atom is -0.465 e. The Morgan fingerprint density at radius 1 is 1.32 bits per heavy atom. The maximum atomic E-state index is 11.4. The molecular weight excluding hydrogens is 298 g/mol. The molecule has 0 amide bonds. The lowest BCUT2D eigenvalue weighted by molar-refractivity contribution is 0.0600. The molecule has 1 aromatic heterocycles. The summed E-state index contributed by atoms with van der Waals surface area (Å²) in [4.78, 5) is 12.5. The molecule has 0 atom stereocenters. The van der Waals surface area contributed by atoms with Crippen molar-refractivity contribution in [2.75, 3.05) is 7.11 Å². The molecule has 0 saturated heterocycles. The molecule has 1 saturated carbocycles. The molecule has 116 valence electrons. The van der Waals surface area contributed by atoms with Crippen molar-refractivity contribution < 1.29 is 9.53 Å². The van der Waals surface area contributed by atoms with E-state index in [-0.39, 0.29) is 5.97 Å². The van der Waals surface area contributed by atoms with Crippen LogP contribution in [0.25, 0.3) is 0 Å². The Morgan fingerprint density at radius 3 is 2.64 bits per heavy atom. The van der Waals surface area contributed by atoms with Crippen LogP contribution in [-0.2, 0) is 17.5 Å². The highest BCUT2D eigenvalue weighted by atomic mass is 32.2. The van der Waals surface area contributed by atoms with Gasteiger partial charge in [-0.3, -0.25) is 0 Å². The first-order valence-corrected chi connectivity index (χ1v) is 8.37. The summed E-state index contributed by atoms with van der Waals surface area (Å²) in [5, 5.41) is 8.65. The van der Waals surface area contributed by atoms with Crippen LogP contribution in [0.2, 0.25) is 0 Å². The average Bonchev–Trinajstić information content (AvgIpc) is 2.84. The summed E-state index contributed by atoms with van der Waals surface area (Å²) in [5.74, 6) is 3.16. The van der Waals surface area contributed by atoms with Crippen LogP contribution in [0.15, 0.2) is 29.2 Å². The Morgan fingerprint density at radius 2 is 2.05 bits per heavy atom. The van der Waals surface area contributed by atoms with E-state index in [4.69, 9.17) is 4.74 Å². The summed E-state index contributed by atoms with van der Waals surface area (Å²) in [6.07, 6.45) is 3.76. The van der Waals surface area contributed by atoms with E-state index in [1.807, 2.05) is 19.2 Å². The quantitative estimate of drug-likeness (QED) is 0.626. The smallest absolute Gasteiger partial charge is 0.337 e. The summed E-state index contributed by atoms with van der Waals surface area (Å²) >= 11 is 1.69. The minimum atomic E-state index is -0.310. The van der Waals surface area contributed by atoms with Crippen molar-refractivity contribution in [2.45, 2.75) is 35.8 Å². The van der Waals surface area contributed by atoms with Gasteiger partial charge in [0.25, 0.3) is 0 Å². The van der Waals surface area contributed by atoms with Crippen LogP contribution in [-0.4, -0.2) is 27.8 Å². The van der Waals surface area contributed by atoms with E-state index < -0.39 is 0 Å². The number of hydrogen-bond acceptors (Lipinski definition) is 5. The molecule has 6 heteroatoms. The Labute approximate surface area is 134 Å². The normalized spacial score (nSPS) is 14.6. The van der Waals surface area contributed by atoms with E-state index in [2.05, 4.69) is 14.8 Å². The van der Waals surface area contributed by atoms with Gasteiger partial charge in [0.1, 0.15) is 11.6 Å². The molecule has 1 aromatic carbocycles. The molecule has 1 fully saturated rings. The molecule has 2 aromatic rings. The fourth-order valence-corrected chi connectivity index (χ4v) is 3.35. The van der Waals surface area contributed by atoms with E-state index in [0.29, 0.717) is 11.5 Å². The third-order valence-corrected chi connectivity index (χ3v) is 5.12. The highest BCUT2D eigenvalue weighted by Crippen LogP contribution is 2.35. The summed E-state index contributed by atoms with van der Waals surface area (Å²) in [5.41, 5.74) is 0.567. The average molecular weight is 317 g/mol. The second kappa shape index (κ2) is 6.52. The molecule has 1 aliphatic rings. The van der Waals surface area contributed by atoms with Crippen LogP contribution < -0.4 is 0 Å². The Balaban J connectivity index is 1.62. The van der Waals surface area contributed by atoms with Crippen molar-refractivity contribution in [1.82, 2.24) is 14.8 Å². The lowest BCUT2D eigenvalue weighted by Crippen LogP contribution is -2.14. The van der Waals surface area contributed by atoms with Gasteiger partial charge in [-0.05, 0) is 37.1 Å². The highest BCUT2D eigenvalue weighted by molar-refractivity contribution is 7.98. The SMILES string of the molecule is COC(=O)c1ccc(SCc2nnc(C3CCC3)n2C)cc1. The molecule has 0 unspecified atom stereocenters. The van der Waals surface area contributed by atoms with Crippen molar-refractivity contribution in [3.63, 3.8) is 0 Å². The minimum absolute atomic E-state index is 0.310. The number of rotatable bonds is 5. The summed E-state index contributed by atoms with van der Waals surface area (Å²) < 4.78 is 6.82. The van der Waals surface area contributed by atoms with E-state index in [1.54, 1.807) is 23.9 Å². The number of carbonyl (C=O) groups excluding carboxylic acids is 1. The summed E-state index contributed by atoms with van der Waals surface area (Å²) in [6, 6.07) is 7.43. The second-order valence-electron chi connectivity index (χ2n) is 5.47. The molecule has 0 bridgehead atoms. The Hall–Kier alpha value is -1.82. The van der Waals surface area contributed by atoms with Gasteiger partial charge in [0.15, 0.2) is 0 Å². The van der Waals surface area contributed by atoms with Crippen molar-refractivity contribution in [3.8, 4) is 0 Å². The van der Waals surface area contributed by atoms with Crippen molar-refractivity contribution in [3.05, 3.63) is 41.5 Å². The molecule has 3 rings (SSSR count). The topological polar surface area (TPSA) is 57.0 Å². The number of hydrogen-bond donors (Lipinski definition) is 0. The Bertz CT molecular complexity index is 663. The van der Waals surface area contributed by atoms with E-state index >= 15 is 0 Å². The molecule has 0 radical (unpaired) electrons. The summed E-state index contributed by atoms with van der Waals surface area (Å²) in [6.45, 7) is 0. The molecular formula is C16H19N3O2S. The first-order chi connectivity index (χ1) is 10.7. The van der Waals surface area contributed by atoms with Gasteiger partial charge in [0.05, 0.1) is 18.4 Å². The van der Waals surface area contributed by atoms with Crippen molar-refractivity contribution in [1.29, 1.82) is 0 Å². The Kier molecular flexibility index (Phi) is 4.47. The van der Waals surface area contributed by atoms with Gasteiger partial charge in [-0.25, -0.2) is 4.79 Å². The zero-order chi connectivity index (χ0) is 15.5. The summed E-state index contributed by atoms with van der Waals surface area (Å²) in [7, 11) is 3.43. The van der Waals surface area contributed by atoms with Gasteiger partial charge >= 0.3 is 5.97 Å². The zero-order valence-corrected chi connectivity index (χ0v) is 13.6. The number of benzene rings is 1. The van der Waals surface area contributed by atoms with Gasteiger partial charge in [-0.2, -0.15) is 0 Å². The first-order valence-electron chi connectivity index (χ1n) is 7.38. The van der Waals surface area contributed by atoms with Crippen molar-refractivity contribution >= 4 is 17.7 Å². The maximum Gasteiger partial charge on any atom is 0.337 e. The number of nitrogens with zero attached hydrogens (tertiary/aromatic N) is 3. The van der Waals surface area contributed by atoms with Gasteiger partial charge in [0, 0.05) is 17.9 Å². The fourth-order valence-electron chi connectivity index (χ4n) is 2.48. The number of carbonyl (C=O) groups is 1. The van der Waals surface area contributed by atoms with Gasteiger partial charge in [-0.1, -0.05) is 6.42 Å². The van der Waals surface area contributed by atoms with Crippen LogP contribution in [0.4, 0.5) is 0 Å². The van der Waals surface area contributed by atoms with Crippen molar-refractivity contribution in [2.24, 2.45) is 7.05 Å². The number of ether oxygens (including phenoxy) is 1. The van der Waals surface area contributed by atoms with Gasteiger partial charge < -0.3 is 9.30 Å². The van der Waals surface area contributed by atoms with Gasteiger partial charge in [0.2, 0.25) is 0 Å². The molecule has 1 aliphatic carbocycles. The molecule has 22 heavy (non-hydrogen) atoms. The van der Waals surface area contributed by atoms with Gasteiger partial charge in [-0.15, -0.1) is 22.0 Å². The van der Waals surface area contributed by atoms with Crippen LogP contribution in [0.5, 0.6) is 0 Å². The molecule has 5 nitrogen and oxygen atoms in total. The predicted octanol–water partition coefficient (Wildman–Crippen LogP) is 3.16. The first kappa shape index (κ1) is 15.1. The standard InChI is InChI=1S/C16H19N3O2S/c1-19-14(17-18-15(19)11-4-3-5-11)10-22-13-8-6-12(7-9-13)16(20)21-2/h6-9,11H,3-5,10H2,1-2H3. The lowest BCUT2D eigenvalue weighted by atomic mass is 9.85. The monoisotopic (exact) mass is 317 g/mol.